The summed E-state index contributed by atoms with van der Waals surface area (Å²) in [7, 11) is 4.40. The lowest BCUT2D eigenvalue weighted by atomic mass is 10.1. The van der Waals surface area contributed by atoms with Crippen LogP contribution in [0.5, 0.6) is 5.88 Å². The van der Waals surface area contributed by atoms with Crippen molar-refractivity contribution in [1.82, 2.24) is 14.4 Å². The van der Waals surface area contributed by atoms with Crippen molar-refractivity contribution < 1.29 is 14.6 Å². The molecule has 3 aromatic rings. The molecule has 0 atom stereocenters. The first kappa shape index (κ1) is 23.6. The van der Waals surface area contributed by atoms with E-state index in [0.29, 0.717) is 11.6 Å². The van der Waals surface area contributed by atoms with Crippen molar-refractivity contribution >= 4 is 18.1 Å². The molecule has 0 bridgehead atoms. The van der Waals surface area contributed by atoms with Crippen LogP contribution >= 0.6 is 0 Å². The van der Waals surface area contributed by atoms with Gasteiger partial charge in [-0.2, -0.15) is 5.26 Å². The van der Waals surface area contributed by atoms with Crippen LogP contribution in [0, 0.1) is 11.3 Å². The van der Waals surface area contributed by atoms with Crippen molar-refractivity contribution in [2.75, 3.05) is 26.6 Å². The normalized spacial score (nSPS) is 8.63. The fourth-order valence-corrected chi connectivity index (χ4v) is 2.19. The Morgan fingerprint density at radius 3 is 2.41 bits per heavy atom. The summed E-state index contributed by atoms with van der Waals surface area (Å²) < 4.78 is 6.95. The summed E-state index contributed by atoms with van der Waals surface area (Å²) in [5.41, 5.74) is 3.93. The molecule has 0 aliphatic carbocycles. The van der Waals surface area contributed by atoms with Crippen LogP contribution in [0.2, 0.25) is 0 Å². The monoisotopic (exact) mass is 371 g/mol. The van der Waals surface area contributed by atoms with Crippen LogP contribution in [-0.4, -0.2) is 47.5 Å². The van der Waals surface area contributed by atoms with Crippen LogP contribution < -0.4 is 10.1 Å². The Labute approximate surface area is 159 Å². The van der Waals surface area contributed by atoms with Gasteiger partial charge in [-0.05, 0) is 18.2 Å². The topological polar surface area (TPSA) is 113 Å². The Balaban J connectivity index is 0.00000103. The number of methoxy groups -OCH3 is 1. The number of fused-ring (bicyclic) bond motifs is 1. The second kappa shape index (κ2) is 12.9. The number of nitrogens with one attached hydrogen (secondary N) is 1. The smallest absolute Gasteiger partial charge is 0.237 e. The number of aliphatic hydroxyl groups is 1. The van der Waals surface area contributed by atoms with E-state index in [1.807, 2.05) is 52.1 Å². The second-order valence-electron chi connectivity index (χ2n) is 4.43. The molecule has 0 spiro atoms. The molecule has 0 aromatic carbocycles. The summed E-state index contributed by atoms with van der Waals surface area (Å²) in [5.74, 6) is 0.544. The maximum atomic E-state index is 9.09. The van der Waals surface area contributed by atoms with Gasteiger partial charge in [0.25, 0.3) is 0 Å². The predicted molar refractivity (Wildman–Crippen MR) is 106 cm³/mol. The third kappa shape index (κ3) is 5.52. The first-order valence-corrected chi connectivity index (χ1v) is 8.09. The Morgan fingerprint density at radius 1 is 1.19 bits per heavy atom. The van der Waals surface area contributed by atoms with Gasteiger partial charge in [-0.15, -0.1) is 0 Å². The molecule has 0 fully saturated rings. The molecule has 0 aliphatic heterocycles. The van der Waals surface area contributed by atoms with E-state index in [1.54, 1.807) is 23.9 Å². The lowest BCUT2D eigenvalue weighted by Gasteiger charge is -2.09. The fraction of sp³-hybridized carbons (Fsp3) is 0.263. The summed E-state index contributed by atoms with van der Waals surface area (Å²) in [6, 6.07) is 7.90. The molecule has 8 nitrogen and oxygen atoms in total. The van der Waals surface area contributed by atoms with Crippen LogP contribution in [0.1, 0.15) is 19.5 Å². The minimum absolute atomic E-state index is 0.502. The number of carbonyl (C=O) groups is 1. The number of carbonyl (C=O) groups excluding carboxylic acids is 1. The molecule has 27 heavy (non-hydrogen) atoms. The van der Waals surface area contributed by atoms with Crippen LogP contribution in [0.4, 0.5) is 5.69 Å². The number of imidazole rings is 1. The molecule has 144 valence electrons. The van der Waals surface area contributed by atoms with Gasteiger partial charge in [-0.3, -0.25) is 4.40 Å². The molecular formula is C19H25N5O3. The molecule has 0 saturated heterocycles. The lowest BCUT2D eigenvalue weighted by Crippen LogP contribution is -1.97. The minimum atomic E-state index is 0.502. The van der Waals surface area contributed by atoms with Gasteiger partial charge in [-0.1, -0.05) is 13.8 Å². The van der Waals surface area contributed by atoms with Gasteiger partial charge in [-0.25, -0.2) is 9.97 Å². The average molecular weight is 371 g/mol. The summed E-state index contributed by atoms with van der Waals surface area (Å²) >= 11 is 0. The SMILES string of the molecule is C=O.CC.CNc1cc(-c2ccc3ncc(C#N)n3c2)cnc1OC.CO. The number of nitriles is 1. The highest BCUT2D eigenvalue weighted by atomic mass is 16.5. The van der Waals surface area contributed by atoms with Gasteiger partial charge in [0, 0.05) is 37.7 Å². The first-order valence-electron chi connectivity index (χ1n) is 8.09. The summed E-state index contributed by atoms with van der Waals surface area (Å²) in [4.78, 5) is 16.5. The van der Waals surface area contributed by atoms with Crippen molar-refractivity contribution in [2.45, 2.75) is 13.8 Å². The number of anilines is 1. The van der Waals surface area contributed by atoms with Gasteiger partial charge in [0.2, 0.25) is 5.88 Å². The van der Waals surface area contributed by atoms with E-state index >= 15 is 0 Å². The Hall–Kier alpha value is -3.44. The van der Waals surface area contributed by atoms with E-state index in [2.05, 4.69) is 21.4 Å². The number of rotatable bonds is 3. The van der Waals surface area contributed by atoms with Crippen molar-refractivity contribution in [1.29, 1.82) is 5.26 Å². The Bertz CT molecular complexity index is 871. The highest BCUT2D eigenvalue weighted by Crippen LogP contribution is 2.28. The summed E-state index contributed by atoms with van der Waals surface area (Å²) in [5, 5.41) is 19.1. The number of aliphatic hydroxyl groups excluding tert-OH is 1. The zero-order chi connectivity index (χ0) is 20.8. The second-order valence-corrected chi connectivity index (χ2v) is 4.43. The average Bonchev–Trinajstić information content (AvgIpc) is 3.19. The highest BCUT2D eigenvalue weighted by Gasteiger charge is 2.08. The molecule has 8 heteroatoms. The van der Waals surface area contributed by atoms with Gasteiger partial charge in [0.15, 0.2) is 0 Å². The molecule has 3 aromatic heterocycles. The summed E-state index contributed by atoms with van der Waals surface area (Å²) in [6.45, 7) is 6.00. The summed E-state index contributed by atoms with van der Waals surface area (Å²) in [6.07, 6.45) is 5.18. The van der Waals surface area contributed by atoms with E-state index in [1.165, 1.54) is 0 Å². The number of ether oxygens (including phenoxy) is 1. The molecule has 0 radical (unpaired) electrons. The van der Waals surface area contributed by atoms with E-state index in [0.717, 1.165) is 29.6 Å². The number of hydrogen-bond acceptors (Lipinski definition) is 7. The largest absolute Gasteiger partial charge is 0.480 e. The third-order valence-electron chi connectivity index (χ3n) is 3.27. The van der Waals surface area contributed by atoms with Crippen molar-refractivity contribution in [3.05, 3.63) is 42.5 Å². The molecular weight excluding hydrogens is 346 g/mol. The molecule has 0 amide bonds. The van der Waals surface area contributed by atoms with Crippen LogP contribution in [0.25, 0.3) is 16.8 Å². The number of aromatic nitrogens is 3. The van der Waals surface area contributed by atoms with Crippen LogP contribution in [0.3, 0.4) is 0 Å². The standard InChI is InChI=1S/C15H13N5O.C2H6.CH4O.CH2O/c1-17-13-5-11(7-19-15(13)21-2)10-3-4-14-18-8-12(6-16)20(14)9-10;3*1-2/h3-5,7-9,17H,1-2H3;1-2H3;2H,1H3;1H2. The van der Waals surface area contributed by atoms with Gasteiger partial charge >= 0.3 is 0 Å². The maximum Gasteiger partial charge on any atom is 0.237 e. The lowest BCUT2D eigenvalue weighted by molar-refractivity contribution is -0.0979. The minimum Gasteiger partial charge on any atom is -0.480 e. The zero-order valence-corrected chi connectivity index (χ0v) is 16.2. The van der Waals surface area contributed by atoms with Crippen molar-refractivity contribution in [2.24, 2.45) is 0 Å². The van der Waals surface area contributed by atoms with Crippen molar-refractivity contribution in [3.63, 3.8) is 0 Å². The molecule has 0 saturated carbocycles. The predicted octanol–water partition coefficient (Wildman–Crippen LogP) is 2.77. The maximum absolute atomic E-state index is 9.09. The number of hydrogen-bond donors (Lipinski definition) is 2. The first-order chi connectivity index (χ1) is 13.3. The molecule has 2 N–H and O–H groups in total. The quantitative estimate of drug-likeness (QED) is 0.728. The number of nitrogens with zero attached hydrogens (tertiary/aromatic N) is 4. The Kier molecular flexibility index (Phi) is 11.2. The van der Waals surface area contributed by atoms with Gasteiger partial charge < -0.3 is 20.0 Å². The van der Waals surface area contributed by atoms with E-state index in [9.17, 15) is 0 Å². The van der Waals surface area contributed by atoms with Gasteiger partial charge in [0.05, 0.1) is 19.0 Å². The van der Waals surface area contributed by atoms with E-state index in [-0.39, 0.29) is 0 Å². The molecule has 3 rings (SSSR count). The highest BCUT2D eigenvalue weighted by molar-refractivity contribution is 5.70. The fourth-order valence-electron chi connectivity index (χ4n) is 2.19. The third-order valence-corrected chi connectivity index (χ3v) is 3.27. The van der Waals surface area contributed by atoms with E-state index < -0.39 is 0 Å². The number of pyridine rings is 2. The van der Waals surface area contributed by atoms with E-state index in [4.69, 9.17) is 19.9 Å². The molecule has 3 heterocycles. The van der Waals surface area contributed by atoms with Crippen LogP contribution in [-0.2, 0) is 4.79 Å². The van der Waals surface area contributed by atoms with Crippen molar-refractivity contribution in [3.8, 4) is 23.1 Å². The van der Waals surface area contributed by atoms with Crippen LogP contribution in [0.15, 0.2) is 36.8 Å². The molecule has 0 aliphatic rings. The Morgan fingerprint density at radius 2 is 1.85 bits per heavy atom. The molecule has 0 unspecified atom stereocenters. The zero-order valence-electron chi connectivity index (χ0n) is 16.2. The van der Waals surface area contributed by atoms with Gasteiger partial charge in [0.1, 0.15) is 24.2 Å².